The summed E-state index contributed by atoms with van der Waals surface area (Å²) in [6.07, 6.45) is 5.84. The molecule has 3 heterocycles. The van der Waals surface area contributed by atoms with Gasteiger partial charge in [0.25, 0.3) is 15.9 Å². The Balaban J connectivity index is 1.55. The van der Waals surface area contributed by atoms with Gasteiger partial charge in [-0.2, -0.15) is 4.98 Å². The maximum absolute atomic E-state index is 13.7. The van der Waals surface area contributed by atoms with Crippen LogP contribution < -0.4 is 24.2 Å². The molecule has 5 aromatic rings. The number of benzene rings is 2. The Morgan fingerprint density at radius 1 is 0.809 bits per heavy atom. The summed E-state index contributed by atoms with van der Waals surface area (Å²) < 4.78 is 47.6. The number of hydrogen-bond donors (Lipinski definition) is 2. The molecule has 0 aliphatic rings. The van der Waals surface area contributed by atoms with E-state index in [0.717, 1.165) is 5.56 Å². The van der Waals surface area contributed by atoms with E-state index in [9.17, 15) is 13.2 Å². The Hall–Kier alpha value is -5.70. The summed E-state index contributed by atoms with van der Waals surface area (Å²) in [6, 6.07) is 16.5. The van der Waals surface area contributed by atoms with Crippen LogP contribution in [-0.2, 0) is 20.2 Å². The van der Waals surface area contributed by atoms with Crippen molar-refractivity contribution in [2.75, 3.05) is 23.8 Å². The molecule has 0 aliphatic carbocycles. The van der Waals surface area contributed by atoms with Gasteiger partial charge in [-0.3, -0.25) is 14.8 Å². The zero-order valence-corrected chi connectivity index (χ0v) is 26.9. The highest BCUT2D eigenvalue weighted by atomic mass is 32.2. The van der Waals surface area contributed by atoms with Crippen LogP contribution in [0.15, 0.2) is 90.3 Å². The zero-order chi connectivity index (χ0) is 33.4. The van der Waals surface area contributed by atoms with Crippen molar-refractivity contribution in [2.45, 2.75) is 37.5 Å². The minimum atomic E-state index is -4.22. The van der Waals surface area contributed by atoms with Gasteiger partial charge in [0.2, 0.25) is 23.4 Å². The molecule has 0 saturated heterocycles. The van der Waals surface area contributed by atoms with Crippen molar-refractivity contribution in [2.24, 2.45) is 0 Å². The molecule has 1 amide bonds. The topological polar surface area (TPSA) is 180 Å². The first-order chi connectivity index (χ1) is 22.5. The first kappa shape index (κ1) is 32.7. The lowest BCUT2D eigenvalue weighted by Gasteiger charge is -2.20. The van der Waals surface area contributed by atoms with Crippen molar-refractivity contribution < 1.29 is 27.4 Å². The molecular formula is C32H32N8O6S. The van der Waals surface area contributed by atoms with Gasteiger partial charge in [0, 0.05) is 24.8 Å². The molecule has 0 spiro atoms. The summed E-state index contributed by atoms with van der Waals surface area (Å²) >= 11 is 0. The molecule has 0 atom stereocenters. The monoisotopic (exact) mass is 656 g/mol. The number of hydrogen-bond acceptors (Lipinski definition) is 12. The molecule has 3 aromatic heterocycles. The fraction of sp³-hybridized carbons (Fsp3) is 0.219. The van der Waals surface area contributed by atoms with E-state index in [1.54, 1.807) is 48.5 Å². The van der Waals surface area contributed by atoms with Crippen LogP contribution in [0.25, 0.3) is 11.6 Å². The second-order valence-corrected chi connectivity index (χ2v) is 12.6. The van der Waals surface area contributed by atoms with E-state index < -0.39 is 15.9 Å². The van der Waals surface area contributed by atoms with E-state index in [0.29, 0.717) is 5.75 Å². The normalized spacial score (nSPS) is 11.4. The number of ether oxygens (including phenoxy) is 3. The number of aromatic nitrogens is 6. The van der Waals surface area contributed by atoms with Crippen molar-refractivity contribution >= 4 is 27.7 Å². The van der Waals surface area contributed by atoms with E-state index in [4.69, 9.17) is 14.2 Å². The van der Waals surface area contributed by atoms with Crippen LogP contribution >= 0.6 is 0 Å². The number of carbonyl (C=O) groups excluding carboxylic acids is 1. The van der Waals surface area contributed by atoms with E-state index >= 15 is 0 Å². The molecule has 15 heteroatoms. The molecule has 0 unspecified atom stereocenters. The number of rotatable bonds is 12. The molecule has 0 bridgehead atoms. The average Bonchev–Trinajstić information content (AvgIpc) is 3.06. The minimum Gasteiger partial charge on any atom is -0.493 e. The van der Waals surface area contributed by atoms with Gasteiger partial charge in [-0.15, -0.1) is 0 Å². The van der Waals surface area contributed by atoms with Crippen LogP contribution in [-0.4, -0.2) is 57.9 Å². The number of nitrogens with one attached hydrogen (secondary N) is 2. The molecule has 0 fully saturated rings. The van der Waals surface area contributed by atoms with Crippen LogP contribution in [0, 0.1) is 0 Å². The molecule has 5 rings (SSSR count). The Bertz CT molecular complexity index is 1940. The number of para-hydroxylation sites is 2. The highest BCUT2D eigenvalue weighted by molar-refractivity contribution is 7.92. The highest BCUT2D eigenvalue weighted by Crippen LogP contribution is 2.41. The smallest absolute Gasteiger partial charge is 0.263 e. The third kappa shape index (κ3) is 8.32. The van der Waals surface area contributed by atoms with E-state index in [-0.39, 0.29) is 64.1 Å². The first-order valence-electron chi connectivity index (χ1n) is 14.4. The zero-order valence-electron chi connectivity index (χ0n) is 26.0. The number of amides is 1. The van der Waals surface area contributed by atoms with Gasteiger partial charge in [-0.1, -0.05) is 45.0 Å². The first-order valence-corrected chi connectivity index (χ1v) is 15.8. The number of nitrogens with zero attached hydrogens (tertiary/aromatic N) is 6. The third-order valence-electron chi connectivity index (χ3n) is 6.53. The largest absolute Gasteiger partial charge is 0.493 e. The van der Waals surface area contributed by atoms with Crippen molar-refractivity contribution in [3.63, 3.8) is 0 Å². The average molecular weight is 657 g/mol. The van der Waals surface area contributed by atoms with Gasteiger partial charge in [0.05, 0.1) is 25.0 Å². The highest BCUT2D eigenvalue weighted by Gasteiger charge is 2.26. The van der Waals surface area contributed by atoms with E-state index in [1.165, 1.54) is 44.0 Å². The molecule has 0 aliphatic heterocycles. The number of methoxy groups -OCH3 is 1. The van der Waals surface area contributed by atoms with Crippen LogP contribution in [0.1, 0.15) is 32.8 Å². The van der Waals surface area contributed by atoms with Gasteiger partial charge in [-0.25, -0.2) is 33.3 Å². The summed E-state index contributed by atoms with van der Waals surface area (Å²) in [6.45, 7) is 5.91. The van der Waals surface area contributed by atoms with Crippen LogP contribution in [0.2, 0.25) is 0 Å². The Morgan fingerprint density at radius 3 is 2.09 bits per heavy atom. The summed E-state index contributed by atoms with van der Waals surface area (Å²) in [5, 5.41) is 2.58. The van der Waals surface area contributed by atoms with Gasteiger partial charge < -0.3 is 14.2 Å². The molecule has 242 valence electrons. The number of sulfonamides is 1. The Kier molecular flexibility index (Phi) is 9.85. The summed E-state index contributed by atoms with van der Waals surface area (Å²) in [7, 11) is -2.75. The predicted octanol–water partition coefficient (Wildman–Crippen LogP) is 5.03. The molecule has 2 aromatic carbocycles. The van der Waals surface area contributed by atoms with Crippen molar-refractivity contribution in [3.8, 4) is 34.8 Å². The fourth-order valence-electron chi connectivity index (χ4n) is 4.13. The molecule has 2 N–H and O–H groups in total. The minimum absolute atomic E-state index is 0.00728. The van der Waals surface area contributed by atoms with Crippen molar-refractivity contribution in [3.05, 3.63) is 91.0 Å². The third-order valence-corrected chi connectivity index (χ3v) is 7.88. The maximum Gasteiger partial charge on any atom is 0.263 e. The second kappa shape index (κ2) is 14.2. The second-order valence-electron chi connectivity index (χ2n) is 11.0. The summed E-state index contributed by atoms with van der Waals surface area (Å²) in [5.74, 6) is -0.312. The Labute approximate surface area is 271 Å². The molecule has 14 nitrogen and oxygen atoms in total. The standard InChI is InChI=1S/C32H32N8O6S/c1-32(2,3)21-11-13-22(14-12-21)47(42,43)40-27-26(46-24-10-6-5-9-23(24)44-4)30(39-29(38-27)28-33-16-7-17-34-28)45-20-15-25(41)37-31-35-18-8-19-36-31/h5-14,16-19H,15,20H2,1-4H3,(H,38,39,40)(H,35,36,37,41). The number of anilines is 2. The SMILES string of the molecule is COc1ccccc1Oc1c(NS(=O)(=O)c2ccc(C(C)(C)C)cc2)nc(-c2ncccn2)nc1OCCC(=O)Nc1ncccn1. The van der Waals surface area contributed by atoms with Crippen molar-refractivity contribution in [1.82, 2.24) is 29.9 Å². The Morgan fingerprint density at radius 2 is 1.45 bits per heavy atom. The van der Waals surface area contributed by atoms with Crippen molar-refractivity contribution in [1.29, 1.82) is 0 Å². The number of carbonyl (C=O) groups is 1. The molecule has 0 radical (unpaired) electrons. The predicted molar refractivity (Wildman–Crippen MR) is 173 cm³/mol. The quantitative estimate of drug-likeness (QED) is 0.183. The lowest BCUT2D eigenvalue weighted by molar-refractivity contribution is -0.116. The maximum atomic E-state index is 13.7. The van der Waals surface area contributed by atoms with E-state index in [1.807, 2.05) is 20.8 Å². The lowest BCUT2D eigenvalue weighted by Crippen LogP contribution is -2.18. The summed E-state index contributed by atoms with van der Waals surface area (Å²) in [4.78, 5) is 37.9. The van der Waals surface area contributed by atoms with Crippen LogP contribution in [0.5, 0.6) is 23.1 Å². The van der Waals surface area contributed by atoms with E-state index in [2.05, 4.69) is 39.9 Å². The molecule has 47 heavy (non-hydrogen) atoms. The molecule has 0 saturated carbocycles. The van der Waals surface area contributed by atoms with Crippen LogP contribution in [0.3, 0.4) is 0 Å². The van der Waals surface area contributed by atoms with Gasteiger partial charge in [-0.05, 0) is 47.4 Å². The summed E-state index contributed by atoms with van der Waals surface area (Å²) in [5.41, 5.74) is 0.778. The van der Waals surface area contributed by atoms with Gasteiger partial charge in [0.1, 0.15) is 0 Å². The van der Waals surface area contributed by atoms with Gasteiger partial charge in [0.15, 0.2) is 23.1 Å². The lowest BCUT2D eigenvalue weighted by atomic mass is 9.87. The molecular weight excluding hydrogens is 624 g/mol. The van der Waals surface area contributed by atoms with Gasteiger partial charge >= 0.3 is 0 Å². The fourth-order valence-corrected chi connectivity index (χ4v) is 5.13. The van der Waals surface area contributed by atoms with Crippen LogP contribution in [0.4, 0.5) is 11.8 Å².